The van der Waals surface area contributed by atoms with Gasteiger partial charge in [-0.25, -0.2) is 0 Å². The average Bonchev–Trinajstić information content (AvgIpc) is 3.51. The van der Waals surface area contributed by atoms with E-state index in [1.165, 1.54) is 18.4 Å². The van der Waals surface area contributed by atoms with Gasteiger partial charge in [0.1, 0.15) is 12.4 Å². The Labute approximate surface area is 143 Å². The molecular formula is C22H24O2. The smallest absolute Gasteiger partial charge is 0.169 e. The van der Waals surface area contributed by atoms with Crippen LogP contribution in [0.1, 0.15) is 60.0 Å². The minimum absolute atomic E-state index is 0.218. The van der Waals surface area contributed by atoms with Crippen molar-refractivity contribution in [2.24, 2.45) is 11.8 Å². The molecular weight excluding hydrogens is 296 g/mol. The second-order valence-electron chi connectivity index (χ2n) is 7.26. The average molecular weight is 320 g/mol. The number of rotatable bonds is 7. The van der Waals surface area contributed by atoms with Crippen molar-refractivity contribution in [1.29, 1.82) is 0 Å². The first kappa shape index (κ1) is 15.4. The number of carbonyl (C=O) groups excluding carboxylic acids is 1. The van der Waals surface area contributed by atoms with Crippen molar-refractivity contribution in [2.75, 3.05) is 0 Å². The molecule has 24 heavy (non-hydrogen) atoms. The first-order valence-electron chi connectivity index (χ1n) is 9.08. The zero-order chi connectivity index (χ0) is 16.5. The van der Waals surface area contributed by atoms with Crippen molar-refractivity contribution < 1.29 is 9.53 Å². The predicted octanol–water partition coefficient (Wildman–Crippen LogP) is 5.37. The largest absolute Gasteiger partial charge is 0.488 e. The number of hydrogen-bond donors (Lipinski definition) is 0. The number of benzene rings is 2. The van der Waals surface area contributed by atoms with Gasteiger partial charge in [0.05, 0.1) is 5.56 Å². The Morgan fingerprint density at radius 2 is 1.79 bits per heavy atom. The molecule has 124 valence electrons. The topological polar surface area (TPSA) is 26.3 Å². The highest BCUT2D eigenvalue weighted by Gasteiger charge is 2.35. The normalized spacial score (nSPS) is 18.2. The first-order chi connectivity index (χ1) is 11.7. The van der Waals surface area contributed by atoms with E-state index in [1.54, 1.807) is 0 Å². The maximum Gasteiger partial charge on any atom is 0.169 e. The van der Waals surface area contributed by atoms with E-state index < -0.39 is 0 Å². The Kier molecular flexibility index (Phi) is 4.13. The highest BCUT2D eigenvalue weighted by molar-refractivity contribution is 6.02. The first-order valence-corrected chi connectivity index (χ1v) is 9.08. The molecule has 0 N–H and O–H groups in total. The lowest BCUT2D eigenvalue weighted by Crippen LogP contribution is -2.10. The zero-order valence-corrected chi connectivity index (χ0v) is 14.2. The fourth-order valence-electron chi connectivity index (χ4n) is 3.41. The maximum absolute atomic E-state index is 12.7. The molecule has 0 amide bonds. The number of ketones is 1. The van der Waals surface area contributed by atoms with Gasteiger partial charge in [-0.2, -0.15) is 0 Å². The van der Waals surface area contributed by atoms with Crippen LogP contribution in [0.25, 0.3) is 0 Å². The SMILES string of the molecule is CC(c1cccc(C(=O)C2CC2)c1OCc1ccccc1)C1CC1. The van der Waals surface area contributed by atoms with Crippen molar-refractivity contribution in [3.63, 3.8) is 0 Å². The van der Waals surface area contributed by atoms with E-state index in [2.05, 4.69) is 25.1 Å². The van der Waals surface area contributed by atoms with E-state index in [9.17, 15) is 4.79 Å². The highest BCUT2D eigenvalue weighted by Crippen LogP contribution is 2.46. The number of para-hydroxylation sites is 1. The Hall–Kier alpha value is -2.09. The lowest BCUT2D eigenvalue weighted by Gasteiger charge is -2.19. The summed E-state index contributed by atoms with van der Waals surface area (Å²) < 4.78 is 6.23. The van der Waals surface area contributed by atoms with Gasteiger partial charge in [0, 0.05) is 5.92 Å². The van der Waals surface area contributed by atoms with Crippen LogP contribution in [0.15, 0.2) is 48.5 Å². The minimum atomic E-state index is 0.218. The molecule has 0 aromatic heterocycles. The summed E-state index contributed by atoms with van der Waals surface area (Å²) in [5, 5.41) is 0. The van der Waals surface area contributed by atoms with E-state index >= 15 is 0 Å². The van der Waals surface area contributed by atoms with Crippen LogP contribution in [0.3, 0.4) is 0 Å². The Morgan fingerprint density at radius 3 is 2.46 bits per heavy atom. The van der Waals surface area contributed by atoms with E-state index in [0.717, 1.165) is 35.6 Å². The summed E-state index contributed by atoms with van der Waals surface area (Å²) in [6.45, 7) is 2.79. The van der Waals surface area contributed by atoms with E-state index in [-0.39, 0.29) is 11.7 Å². The lowest BCUT2D eigenvalue weighted by molar-refractivity contribution is 0.0963. The minimum Gasteiger partial charge on any atom is -0.488 e. The fraction of sp³-hybridized carbons (Fsp3) is 0.409. The van der Waals surface area contributed by atoms with Crippen LogP contribution in [0, 0.1) is 11.8 Å². The van der Waals surface area contributed by atoms with Crippen LogP contribution in [0.2, 0.25) is 0 Å². The van der Waals surface area contributed by atoms with Gasteiger partial charge in [0.25, 0.3) is 0 Å². The second kappa shape index (κ2) is 6.43. The molecule has 2 aliphatic rings. The number of ether oxygens (including phenoxy) is 1. The van der Waals surface area contributed by atoms with Crippen molar-refractivity contribution >= 4 is 5.78 Å². The molecule has 0 spiro atoms. The van der Waals surface area contributed by atoms with Crippen LogP contribution < -0.4 is 4.74 Å². The van der Waals surface area contributed by atoms with Gasteiger partial charge in [0.2, 0.25) is 0 Å². The summed E-state index contributed by atoms with van der Waals surface area (Å²) >= 11 is 0. The van der Waals surface area contributed by atoms with Crippen LogP contribution >= 0.6 is 0 Å². The molecule has 0 aliphatic heterocycles. The molecule has 1 atom stereocenters. The van der Waals surface area contributed by atoms with Gasteiger partial charge in [-0.05, 0) is 54.7 Å². The van der Waals surface area contributed by atoms with Crippen LogP contribution in [0.5, 0.6) is 5.75 Å². The molecule has 2 aromatic carbocycles. The zero-order valence-electron chi connectivity index (χ0n) is 14.2. The fourth-order valence-corrected chi connectivity index (χ4v) is 3.41. The molecule has 1 unspecified atom stereocenters. The monoisotopic (exact) mass is 320 g/mol. The van der Waals surface area contributed by atoms with E-state index in [1.807, 2.05) is 30.3 Å². The summed E-state index contributed by atoms with van der Waals surface area (Å²) in [5.74, 6) is 2.52. The van der Waals surface area contributed by atoms with Gasteiger partial charge in [0.15, 0.2) is 5.78 Å². The van der Waals surface area contributed by atoms with Crippen molar-refractivity contribution in [3.8, 4) is 5.75 Å². The number of hydrogen-bond acceptors (Lipinski definition) is 2. The van der Waals surface area contributed by atoms with Gasteiger partial charge in [-0.15, -0.1) is 0 Å². The second-order valence-corrected chi connectivity index (χ2v) is 7.26. The van der Waals surface area contributed by atoms with Crippen molar-refractivity contribution in [2.45, 2.75) is 45.1 Å². The summed E-state index contributed by atoms with van der Waals surface area (Å²) in [6, 6.07) is 16.3. The third kappa shape index (κ3) is 3.24. The molecule has 0 heterocycles. The predicted molar refractivity (Wildman–Crippen MR) is 95.4 cm³/mol. The Bertz CT molecular complexity index is 727. The summed E-state index contributed by atoms with van der Waals surface area (Å²) in [5.41, 5.74) is 3.13. The van der Waals surface area contributed by atoms with Gasteiger partial charge in [-0.3, -0.25) is 4.79 Å². The molecule has 2 nitrogen and oxygen atoms in total. The lowest BCUT2D eigenvalue weighted by atomic mass is 9.91. The Morgan fingerprint density at radius 1 is 1.04 bits per heavy atom. The molecule has 2 heteroatoms. The molecule has 0 radical (unpaired) electrons. The van der Waals surface area contributed by atoms with Crippen LogP contribution in [-0.2, 0) is 6.61 Å². The third-order valence-electron chi connectivity index (χ3n) is 5.30. The van der Waals surface area contributed by atoms with Crippen molar-refractivity contribution in [1.82, 2.24) is 0 Å². The Balaban J connectivity index is 1.65. The standard InChI is InChI=1S/C22H24O2/c1-15(17-10-11-17)19-8-5-9-20(21(23)18-12-13-18)22(19)24-14-16-6-3-2-4-7-16/h2-9,15,17-18H,10-14H2,1H3. The van der Waals surface area contributed by atoms with Crippen LogP contribution in [-0.4, -0.2) is 5.78 Å². The van der Waals surface area contributed by atoms with Gasteiger partial charge < -0.3 is 4.74 Å². The molecule has 2 fully saturated rings. The summed E-state index contributed by atoms with van der Waals surface area (Å²) in [6.07, 6.45) is 4.64. The number of Topliss-reactive ketones (excluding diaryl/α,β-unsaturated/α-hetero) is 1. The molecule has 2 aliphatic carbocycles. The molecule has 0 saturated heterocycles. The summed E-state index contributed by atoms with van der Waals surface area (Å²) in [4.78, 5) is 12.7. The maximum atomic E-state index is 12.7. The van der Waals surface area contributed by atoms with Crippen molar-refractivity contribution in [3.05, 3.63) is 65.2 Å². The third-order valence-corrected chi connectivity index (χ3v) is 5.30. The van der Waals surface area contributed by atoms with E-state index in [4.69, 9.17) is 4.74 Å². The quantitative estimate of drug-likeness (QED) is 0.641. The molecule has 0 bridgehead atoms. The van der Waals surface area contributed by atoms with Gasteiger partial charge in [-0.1, -0.05) is 49.4 Å². The van der Waals surface area contributed by atoms with Crippen LogP contribution in [0.4, 0.5) is 0 Å². The molecule has 2 aromatic rings. The molecule has 2 saturated carbocycles. The summed E-state index contributed by atoms with van der Waals surface area (Å²) in [7, 11) is 0. The van der Waals surface area contributed by atoms with E-state index in [0.29, 0.717) is 12.5 Å². The molecule has 4 rings (SSSR count). The number of carbonyl (C=O) groups is 1. The van der Waals surface area contributed by atoms with Gasteiger partial charge >= 0.3 is 0 Å². The highest BCUT2D eigenvalue weighted by atomic mass is 16.5.